The zero-order chi connectivity index (χ0) is 14.3. The molecule has 2 aromatic rings. The molecule has 0 saturated carbocycles. The molecule has 1 aliphatic rings. The van der Waals surface area contributed by atoms with Gasteiger partial charge in [-0.3, -0.25) is 4.79 Å². The van der Waals surface area contributed by atoms with Crippen molar-refractivity contribution >= 4 is 27.0 Å². The van der Waals surface area contributed by atoms with Crippen LogP contribution >= 0.6 is 0 Å². The zero-order valence-electron chi connectivity index (χ0n) is 10.5. The molecule has 1 fully saturated rings. The second-order valence-electron chi connectivity index (χ2n) is 4.71. The molecule has 0 amide bonds. The molecule has 106 valence electrons. The summed E-state index contributed by atoms with van der Waals surface area (Å²) in [7, 11) is -3.87. The maximum atomic E-state index is 12.7. The molecule has 0 aliphatic carbocycles. The van der Waals surface area contributed by atoms with E-state index in [1.54, 1.807) is 18.2 Å². The van der Waals surface area contributed by atoms with Crippen molar-refractivity contribution < 1.29 is 22.7 Å². The predicted molar refractivity (Wildman–Crippen MR) is 70.8 cm³/mol. The van der Waals surface area contributed by atoms with Crippen LogP contribution in [-0.4, -0.2) is 36.4 Å². The first kappa shape index (κ1) is 13.1. The van der Waals surface area contributed by atoms with E-state index >= 15 is 0 Å². The highest BCUT2D eigenvalue weighted by molar-refractivity contribution is 7.89. The van der Waals surface area contributed by atoms with Gasteiger partial charge in [-0.2, -0.15) is 4.31 Å². The maximum absolute atomic E-state index is 12.7. The average molecular weight is 295 g/mol. The molecule has 7 heteroatoms. The molecule has 0 bridgehead atoms. The zero-order valence-corrected chi connectivity index (χ0v) is 11.3. The van der Waals surface area contributed by atoms with Crippen molar-refractivity contribution in [3.8, 4) is 0 Å². The van der Waals surface area contributed by atoms with Gasteiger partial charge in [0.05, 0.1) is 6.26 Å². The number of rotatable bonds is 3. The van der Waals surface area contributed by atoms with Gasteiger partial charge in [-0.05, 0) is 25.0 Å². The summed E-state index contributed by atoms with van der Waals surface area (Å²) in [6.07, 6.45) is 2.30. The maximum Gasteiger partial charge on any atom is 0.322 e. The van der Waals surface area contributed by atoms with Crippen LogP contribution in [0.15, 0.2) is 39.8 Å². The third-order valence-electron chi connectivity index (χ3n) is 3.52. The summed E-state index contributed by atoms with van der Waals surface area (Å²) in [5.74, 6) is -1.11. The van der Waals surface area contributed by atoms with Crippen molar-refractivity contribution in [3.05, 3.63) is 30.5 Å². The molecular weight excluding hydrogens is 282 g/mol. The first-order chi connectivity index (χ1) is 9.51. The number of sulfonamides is 1. The van der Waals surface area contributed by atoms with E-state index in [2.05, 4.69) is 0 Å². The Kier molecular flexibility index (Phi) is 3.02. The SMILES string of the molecule is O=C(O)[C@@H]1CCCN1S(=O)(=O)c1cccc2ccoc12. The molecule has 20 heavy (non-hydrogen) atoms. The van der Waals surface area contributed by atoms with Gasteiger partial charge >= 0.3 is 5.97 Å². The van der Waals surface area contributed by atoms with Gasteiger partial charge in [-0.15, -0.1) is 0 Å². The third-order valence-corrected chi connectivity index (χ3v) is 5.45. The fourth-order valence-corrected chi connectivity index (χ4v) is 4.37. The van der Waals surface area contributed by atoms with Crippen LogP contribution in [0.4, 0.5) is 0 Å². The smallest absolute Gasteiger partial charge is 0.322 e. The summed E-state index contributed by atoms with van der Waals surface area (Å²) in [5, 5.41) is 9.82. The van der Waals surface area contributed by atoms with Crippen molar-refractivity contribution in [2.45, 2.75) is 23.8 Å². The fourth-order valence-electron chi connectivity index (χ4n) is 2.57. The van der Waals surface area contributed by atoms with Crippen LogP contribution in [-0.2, 0) is 14.8 Å². The quantitative estimate of drug-likeness (QED) is 0.930. The van der Waals surface area contributed by atoms with Gasteiger partial charge in [0.25, 0.3) is 0 Å². The van der Waals surface area contributed by atoms with Crippen LogP contribution in [0, 0.1) is 0 Å². The Morgan fingerprint density at radius 2 is 2.15 bits per heavy atom. The molecule has 6 nitrogen and oxygen atoms in total. The van der Waals surface area contributed by atoms with Gasteiger partial charge in [0, 0.05) is 11.9 Å². The molecule has 0 radical (unpaired) electrons. The molecular formula is C13H13NO5S. The van der Waals surface area contributed by atoms with Gasteiger partial charge in [-0.25, -0.2) is 8.42 Å². The van der Waals surface area contributed by atoms with Crippen molar-refractivity contribution in [2.24, 2.45) is 0 Å². The number of hydrogen-bond acceptors (Lipinski definition) is 4. The number of aliphatic carboxylic acids is 1. The van der Waals surface area contributed by atoms with Crippen molar-refractivity contribution in [1.82, 2.24) is 4.31 Å². The number of nitrogens with zero attached hydrogens (tertiary/aromatic N) is 1. The van der Waals surface area contributed by atoms with Crippen LogP contribution in [0.5, 0.6) is 0 Å². The van der Waals surface area contributed by atoms with E-state index in [1.807, 2.05) is 0 Å². The number of carbonyl (C=O) groups is 1. The second-order valence-corrected chi connectivity index (χ2v) is 6.57. The second kappa shape index (κ2) is 4.60. The number of furan rings is 1. The summed E-state index contributed by atoms with van der Waals surface area (Å²) < 4.78 is 31.6. The standard InChI is InChI=1S/C13H13NO5S/c15-13(16)10-4-2-7-14(10)20(17,18)11-5-1-3-9-6-8-19-12(9)11/h1,3,5-6,8,10H,2,4,7H2,(H,15,16)/t10-/m0/s1. The Balaban J connectivity index is 2.12. The van der Waals surface area contributed by atoms with Gasteiger partial charge in [0.15, 0.2) is 5.58 Å². The number of benzene rings is 1. The van der Waals surface area contributed by atoms with Crippen LogP contribution in [0.25, 0.3) is 11.0 Å². The van der Waals surface area contributed by atoms with E-state index in [-0.39, 0.29) is 17.0 Å². The van der Waals surface area contributed by atoms with Crippen LogP contribution in [0.2, 0.25) is 0 Å². The summed E-state index contributed by atoms with van der Waals surface area (Å²) >= 11 is 0. The Labute approximate surface area is 115 Å². The van der Waals surface area contributed by atoms with Crippen LogP contribution < -0.4 is 0 Å². The van der Waals surface area contributed by atoms with E-state index < -0.39 is 22.0 Å². The molecule has 0 spiro atoms. The Morgan fingerprint density at radius 3 is 2.90 bits per heavy atom. The normalized spacial score (nSPS) is 20.5. The summed E-state index contributed by atoms with van der Waals surface area (Å²) in [5.41, 5.74) is 0.267. The van der Waals surface area contributed by atoms with Gasteiger partial charge in [0.2, 0.25) is 10.0 Å². The lowest BCUT2D eigenvalue weighted by Gasteiger charge is -2.20. The number of hydrogen-bond donors (Lipinski definition) is 1. The molecule has 1 aromatic carbocycles. The molecule has 1 N–H and O–H groups in total. The highest BCUT2D eigenvalue weighted by Crippen LogP contribution is 2.31. The minimum Gasteiger partial charge on any atom is -0.480 e. The van der Waals surface area contributed by atoms with Crippen molar-refractivity contribution in [1.29, 1.82) is 0 Å². The summed E-state index contributed by atoms with van der Waals surface area (Å²) in [6, 6.07) is 5.49. The monoisotopic (exact) mass is 295 g/mol. The highest BCUT2D eigenvalue weighted by atomic mass is 32.2. The lowest BCUT2D eigenvalue weighted by Crippen LogP contribution is -2.40. The van der Waals surface area contributed by atoms with Crippen molar-refractivity contribution in [2.75, 3.05) is 6.54 Å². The lowest BCUT2D eigenvalue weighted by atomic mass is 10.2. The molecule has 3 rings (SSSR count). The van der Waals surface area contributed by atoms with E-state index in [0.29, 0.717) is 18.2 Å². The van der Waals surface area contributed by atoms with Gasteiger partial charge < -0.3 is 9.52 Å². The lowest BCUT2D eigenvalue weighted by molar-refractivity contribution is -0.140. The molecule has 1 aromatic heterocycles. The minimum atomic E-state index is -3.87. The van der Waals surface area contributed by atoms with E-state index in [9.17, 15) is 13.2 Å². The van der Waals surface area contributed by atoms with Crippen LogP contribution in [0.3, 0.4) is 0 Å². The minimum absolute atomic E-state index is 0.0214. The van der Waals surface area contributed by atoms with Gasteiger partial charge in [0.1, 0.15) is 10.9 Å². The first-order valence-corrected chi connectivity index (χ1v) is 7.67. The molecule has 0 unspecified atom stereocenters. The molecule has 1 saturated heterocycles. The number of carboxylic acids is 1. The number of fused-ring (bicyclic) bond motifs is 1. The third kappa shape index (κ3) is 1.90. The largest absolute Gasteiger partial charge is 0.480 e. The highest BCUT2D eigenvalue weighted by Gasteiger charge is 2.40. The van der Waals surface area contributed by atoms with E-state index in [4.69, 9.17) is 9.52 Å². The summed E-state index contributed by atoms with van der Waals surface area (Å²) in [4.78, 5) is 11.2. The fraction of sp³-hybridized carbons (Fsp3) is 0.308. The average Bonchev–Trinajstić information content (AvgIpc) is 3.06. The first-order valence-electron chi connectivity index (χ1n) is 6.22. The summed E-state index contributed by atoms with van der Waals surface area (Å²) in [6.45, 7) is 0.219. The molecule has 2 heterocycles. The van der Waals surface area contributed by atoms with E-state index in [1.165, 1.54) is 12.3 Å². The number of para-hydroxylation sites is 1. The Morgan fingerprint density at radius 1 is 1.35 bits per heavy atom. The predicted octanol–water partition coefficient (Wildman–Crippen LogP) is 1.67. The molecule has 1 atom stereocenters. The Hall–Kier alpha value is -1.86. The van der Waals surface area contributed by atoms with Crippen LogP contribution in [0.1, 0.15) is 12.8 Å². The van der Waals surface area contributed by atoms with Gasteiger partial charge in [-0.1, -0.05) is 12.1 Å². The number of carboxylic acid groups (broad SMARTS) is 1. The molecule has 1 aliphatic heterocycles. The van der Waals surface area contributed by atoms with Crippen molar-refractivity contribution in [3.63, 3.8) is 0 Å². The topological polar surface area (TPSA) is 87.8 Å². The van der Waals surface area contributed by atoms with E-state index in [0.717, 1.165) is 4.31 Å². The Bertz CT molecular complexity index is 764.